The summed E-state index contributed by atoms with van der Waals surface area (Å²) in [5, 5.41) is 18.5. The molecule has 1 aliphatic heterocycles. The Labute approximate surface area is 224 Å². The van der Waals surface area contributed by atoms with E-state index >= 15 is 0 Å². The highest BCUT2D eigenvalue weighted by Gasteiger charge is 2.20. The number of benzene rings is 3. The van der Waals surface area contributed by atoms with Gasteiger partial charge in [0.05, 0.1) is 5.71 Å². The van der Waals surface area contributed by atoms with Gasteiger partial charge in [-0.15, -0.1) is 0 Å². The summed E-state index contributed by atoms with van der Waals surface area (Å²) in [4.78, 5) is 7.18. The molecule has 4 aromatic rings. The van der Waals surface area contributed by atoms with Crippen LogP contribution in [0.3, 0.4) is 0 Å². The molecule has 1 aliphatic rings. The molecule has 38 heavy (non-hydrogen) atoms. The topological polar surface area (TPSA) is 104 Å². The van der Waals surface area contributed by atoms with Gasteiger partial charge < -0.3 is 10.5 Å². The fourth-order valence-electron chi connectivity index (χ4n) is 4.92. The number of aromatic nitrogens is 3. The van der Waals surface area contributed by atoms with E-state index in [0.29, 0.717) is 29.4 Å². The van der Waals surface area contributed by atoms with Crippen molar-refractivity contribution in [2.45, 2.75) is 51.9 Å². The number of likely N-dealkylation sites (tertiary alicyclic amines) is 1. The van der Waals surface area contributed by atoms with Crippen molar-refractivity contribution in [3.8, 4) is 17.1 Å². The van der Waals surface area contributed by atoms with Crippen molar-refractivity contribution in [3.05, 3.63) is 71.5 Å². The Morgan fingerprint density at radius 3 is 2.45 bits per heavy atom. The van der Waals surface area contributed by atoms with Crippen molar-refractivity contribution in [1.29, 1.82) is 5.41 Å². The third-order valence-electron chi connectivity index (χ3n) is 7.25. The van der Waals surface area contributed by atoms with E-state index in [1.165, 1.54) is 38.8 Å². The van der Waals surface area contributed by atoms with Crippen LogP contribution in [0.1, 0.15) is 63.4 Å². The van der Waals surface area contributed by atoms with Crippen molar-refractivity contribution in [2.75, 3.05) is 32.0 Å². The first kappa shape index (κ1) is 25.9. The summed E-state index contributed by atoms with van der Waals surface area (Å²) in [6, 6.07) is 17.8. The molecule has 1 saturated heterocycles. The number of nitrogens with one attached hydrogen (secondary N) is 2. The Morgan fingerprint density at radius 2 is 1.71 bits per heavy atom. The van der Waals surface area contributed by atoms with Gasteiger partial charge in [0.2, 0.25) is 0 Å². The maximum atomic E-state index is 8.94. The van der Waals surface area contributed by atoms with Crippen LogP contribution in [-0.2, 0) is 5.41 Å². The van der Waals surface area contributed by atoms with Gasteiger partial charge >= 0.3 is 0 Å². The molecule has 0 bridgehead atoms. The van der Waals surface area contributed by atoms with E-state index < -0.39 is 0 Å². The molecule has 1 aromatic heterocycles. The molecule has 5 rings (SSSR count). The zero-order valence-corrected chi connectivity index (χ0v) is 22.7. The van der Waals surface area contributed by atoms with Crippen LogP contribution >= 0.6 is 0 Å². The van der Waals surface area contributed by atoms with E-state index in [1.54, 1.807) is 0 Å². The first-order chi connectivity index (χ1) is 18.3. The minimum atomic E-state index is -0.128. The van der Waals surface area contributed by atoms with Gasteiger partial charge in [-0.25, -0.2) is 4.98 Å². The van der Waals surface area contributed by atoms with Crippen LogP contribution in [0.15, 0.2) is 54.6 Å². The Balaban J connectivity index is 1.30. The third-order valence-corrected chi connectivity index (χ3v) is 7.25. The second-order valence-corrected chi connectivity index (χ2v) is 11.3. The molecular formula is C31H38N6O. The molecule has 0 amide bonds. The van der Waals surface area contributed by atoms with Crippen LogP contribution in [-0.4, -0.2) is 52.0 Å². The molecule has 0 unspecified atom stereocenters. The van der Waals surface area contributed by atoms with Gasteiger partial charge in [0.25, 0.3) is 0 Å². The zero-order chi connectivity index (χ0) is 26.7. The molecule has 3 aromatic carbocycles. The first-order valence-electron chi connectivity index (χ1n) is 13.6. The van der Waals surface area contributed by atoms with Gasteiger partial charge in [0.15, 0.2) is 5.82 Å². The summed E-state index contributed by atoms with van der Waals surface area (Å²) in [6.45, 7) is 10.3. The zero-order valence-electron chi connectivity index (χ0n) is 22.7. The monoisotopic (exact) mass is 510 g/mol. The largest absolute Gasteiger partial charge is 0.492 e. The maximum absolute atomic E-state index is 8.94. The fourth-order valence-corrected chi connectivity index (χ4v) is 4.92. The van der Waals surface area contributed by atoms with Crippen molar-refractivity contribution in [3.63, 3.8) is 0 Å². The van der Waals surface area contributed by atoms with Crippen LogP contribution < -0.4 is 10.5 Å². The second kappa shape index (κ2) is 11.0. The Morgan fingerprint density at radius 1 is 0.974 bits per heavy atom. The van der Waals surface area contributed by atoms with E-state index in [2.05, 4.69) is 53.0 Å². The minimum absolute atomic E-state index is 0.128. The molecule has 0 saturated carbocycles. The molecule has 198 valence electrons. The number of fused-ring (bicyclic) bond motifs is 1. The lowest BCUT2D eigenvalue weighted by atomic mass is 9.96. The number of nitrogens with two attached hydrogens (primary N) is 1. The Kier molecular flexibility index (Phi) is 7.47. The number of H-pyrrole nitrogens is 1. The predicted molar refractivity (Wildman–Crippen MR) is 155 cm³/mol. The average Bonchev–Trinajstić information content (AvgIpc) is 3.27. The average molecular weight is 511 g/mol. The molecule has 0 aliphatic carbocycles. The van der Waals surface area contributed by atoms with Crippen LogP contribution in [0.5, 0.6) is 5.75 Å². The fraction of sp³-hybridized carbons (Fsp3) is 0.387. The molecular weight excluding hydrogens is 472 g/mol. The molecule has 4 N–H and O–H groups in total. The summed E-state index contributed by atoms with van der Waals surface area (Å²) >= 11 is 0. The first-order valence-corrected chi connectivity index (χ1v) is 13.6. The number of rotatable bonds is 7. The number of nitrogens with zero attached hydrogens (tertiary/aromatic N) is 3. The van der Waals surface area contributed by atoms with Crippen LogP contribution in [0, 0.1) is 5.41 Å². The van der Waals surface area contributed by atoms with Crippen molar-refractivity contribution < 1.29 is 4.74 Å². The van der Waals surface area contributed by atoms with Gasteiger partial charge in [-0.05, 0) is 73.1 Å². The molecule has 0 atom stereocenters. The predicted octanol–water partition coefficient (Wildman–Crippen LogP) is 6.18. The number of aromatic amines is 1. The van der Waals surface area contributed by atoms with Gasteiger partial charge in [-0.3, -0.25) is 15.4 Å². The normalized spacial score (nSPS) is 14.9. The quantitative estimate of drug-likeness (QED) is 0.204. The summed E-state index contributed by atoms with van der Waals surface area (Å²) in [7, 11) is 0. The van der Waals surface area contributed by atoms with Crippen molar-refractivity contribution in [1.82, 2.24) is 20.1 Å². The van der Waals surface area contributed by atoms with Gasteiger partial charge in [-0.2, -0.15) is 5.10 Å². The molecule has 2 heterocycles. The standard InChI is InChI=1S/C31H38N6O/c1-31(2,3)30-34-29(35-36-30)24-11-13-27(32)26(20-24)28(33)23-9-8-22-19-25(12-10-21(22)18-23)38-17-16-37-14-6-4-5-7-15-37/h8-13,18-20,33H,4-7,14-17,32H2,1-3H3,(H,34,35,36). The summed E-state index contributed by atoms with van der Waals surface area (Å²) in [5.74, 6) is 2.31. The smallest absolute Gasteiger partial charge is 0.181 e. The number of hydrogen-bond donors (Lipinski definition) is 3. The number of nitrogen functional groups attached to an aromatic ring is 1. The molecule has 1 fully saturated rings. The van der Waals surface area contributed by atoms with E-state index in [0.717, 1.165) is 40.0 Å². The summed E-state index contributed by atoms with van der Waals surface area (Å²) < 4.78 is 6.08. The maximum Gasteiger partial charge on any atom is 0.181 e. The van der Waals surface area contributed by atoms with Crippen molar-refractivity contribution in [2.24, 2.45) is 0 Å². The highest BCUT2D eigenvalue weighted by Crippen LogP contribution is 2.28. The number of anilines is 1. The van der Waals surface area contributed by atoms with E-state index in [-0.39, 0.29) is 5.41 Å². The summed E-state index contributed by atoms with van der Waals surface area (Å²) in [5.41, 5.74) is 9.41. The van der Waals surface area contributed by atoms with E-state index in [9.17, 15) is 0 Å². The minimum Gasteiger partial charge on any atom is -0.492 e. The molecule has 0 radical (unpaired) electrons. The molecule has 0 spiro atoms. The van der Waals surface area contributed by atoms with E-state index in [1.807, 2.05) is 42.5 Å². The second-order valence-electron chi connectivity index (χ2n) is 11.3. The highest BCUT2D eigenvalue weighted by atomic mass is 16.5. The lowest BCUT2D eigenvalue weighted by molar-refractivity contribution is 0.214. The Hall–Kier alpha value is -3.71. The molecule has 7 heteroatoms. The van der Waals surface area contributed by atoms with Crippen LogP contribution in [0.2, 0.25) is 0 Å². The van der Waals surface area contributed by atoms with Crippen molar-refractivity contribution >= 4 is 22.2 Å². The van der Waals surface area contributed by atoms with Gasteiger partial charge in [0.1, 0.15) is 18.2 Å². The SMILES string of the molecule is CC(C)(C)c1nc(-c2ccc(N)c(C(=N)c3ccc4cc(OCCN5CCCCCC5)ccc4c3)c2)n[nH]1. The van der Waals surface area contributed by atoms with Gasteiger partial charge in [-0.1, -0.05) is 51.8 Å². The van der Waals surface area contributed by atoms with E-state index in [4.69, 9.17) is 15.9 Å². The Bertz CT molecular complexity index is 1430. The lowest BCUT2D eigenvalue weighted by Gasteiger charge is -2.19. The third kappa shape index (κ3) is 5.89. The van der Waals surface area contributed by atoms with Crippen LogP contribution in [0.25, 0.3) is 22.2 Å². The number of ether oxygens (including phenoxy) is 1. The number of hydrogen-bond acceptors (Lipinski definition) is 6. The highest BCUT2D eigenvalue weighted by molar-refractivity contribution is 6.15. The molecule has 7 nitrogen and oxygen atoms in total. The van der Waals surface area contributed by atoms with Gasteiger partial charge in [0, 0.05) is 34.3 Å². The van der Waals surface area contributed by atoms with Crippen LogP contribution in [0.4, 0.5) is 5.69 Å². The summed E-state index contributed by atoms with van der Waals surface area (Å²) in [6.07, 6.45) is 5.28. The lowest BCUT2D eigenvalue weighted by Crippen LogP contribution is -2.29.